The zero-order valence-corrected chi connectivity index (χ0v) is 11.9. The molecule has 2 atom stereocenters. The average Bonchev–Trinajstić information content (AvgIpc) is 2.91. The molecule has 0 radical (unpaired) electrons. The van der Waals surface area contributed by atoms with Crippen LogP contribution in [0.2, 0.25) is 0 Å². The maximum absolute atomic E-state index is 12.2. The van der Waals surface area contributed by atoms with E-state index in [1.54, 1.807) is 25.1 Å². The summed E-state index contributed by atoms with van der Waals surface area (Å²) in [7, 11) is -1.26. The summed E-state index contributed by atoms with van der Waals surface area (Å²) in [6.07, 6.45) is 0. The van der Waals surface area contributed by atoms with Crippen LogP contribution in [0.15, 0.2) is 46.0 Å². The molecule has 0 aliphatic carbocycles. The van der Waals surface area contributed by atoms with Gasteiger partial charge in [-0.05, 0) is 25.3 Å². The summed E-state index contributed by atoms with van der Waals surface area (Å²) in [6, 6.07) is 11.0. The Morgan fingerprint density at radius 3 is 2.44 bits per heavy atom. The third-order valence-corrected chi connectivity index (χ3v) is 5.55. The fourth-order valence-electron chi connectivity index (χ4n) is 1.60. The number of aryl methyl sites for hydroxylation is 1. The van der Waals surface area contributed by atoms with E-state index < -0.39 is 16.0 Å². The van der Waals surface area contributed by atoms with E-state index in [-0.39, 0.29) is 5.78 Å². The summed E-state index contributed by atoms with van der Waals surface area (Å²) < 4.78 is 12.9. The van der Waals surface area contributed by atoms with Gasteiger partial charge in [-0.2, -0.15) is 0 Å². The molecule has 0 saturated carbocycles. The van der Waals surface area contributed by atoms with E-state index in [2.05, 4.69) is 0 Å². The Hall–Kier alpha value is -1.26. The summed E-state index contributed by atoms with van der Waals surface area (Å²) in [5.41, 5.74) is 1.73. The van der Waals surface area contributed by atoms with Crippen molar-refractivity contribution in [2.75, 3.05) is 0 Å². The van der Waals surface area contributed by atoms with Crippen molar-refractivity contribution in [3.8, 4) is 0 Å². The van der Waals surface area contributed by atoms with E-state index in [0.29, 0.717) is 5.56 Å². The minimum absolute atomic E-state index is 0.0678. The van der Waals surface area contributed by atoms with Crippen LogP contribution in [-0.4, -0.2) is 15.2 Å². The first kappa shape index (κ1) is 13.2. The van der Waals surface area contributed by atoms with Gasteiger partial charge < -0.3 is 0 Å². The van der Waals surface area contributed by atoms with Crippen LogP contribution in [0, 0.1) is 6.92 Å². The predicted molar refractivity (Wildman–Crippen MR) is 75.7 cm³/mol. The van der Waals surface area contributed by atoms with Gasteiger partial charge in [-0.1, -0.05) is 35.9 Å². The van der Waals surface area contributed by atoms with Crippen molar-refractivity contribution in [3.63, 3.8) is 0 Å². The Morgan fingerprint density at radius 2 is 1.89 bits per heavy atom. The summed E-state index contributed by atoms with van der Waals surface area (Å²) in [4.78, 5) is 12.2. The van der Waals surface area contributed by atoms with Crippen LogP contribution in [0.3, 0.4) is 0 Å². The third-order valence-electron chi connectivity index (χ3n) is 2.72. The highest BCUT2D eigenvalue weighted by Crippen LogP contribution is 2.19. The van der Waals surface area contributed by atoms with Gasteiger partial charge >= 0.3 is 0 Å². The first-order chi connectivity index (χ1) is 8.59. The molecule has 2 rings (SSSR count). The van der Waals surface area contributed by atoms with E-state index in [1.807, 2.05) is 30.5 Å². The molecule has 0 bridgehead atoms. The SMILES string of the molecule is Cc1ccc(C(=O)C(C)S(=O)c2cccs2)cc1. The molecule has 2 unspecified atom stereocenters. The monoisotopic (exact) mass is 278 g/mol. The topological polar surface area (TPSA) is 34.1 Å². The highest BCUT2D eigenvalue weighted by molar-refractivity contribution is 7.88. The van der Waals surface area contributed by atoms with Crippen LogP contribution < -0.4 is 0 Å². The Morgan fingerprint density at radius 1 is 1.22 bits per heavy atom. The van der Waals surface area contributed by atoms with Gasteiger partial charge in [0, 0.05) is 5.56 Å². The number of Topliss-reactive ketones (excluding diaryl/α,β-unsaturated/α-hetero) is 1. The highest BCUT2D eigenvalue weighted by Gasteiger charge is 2.23. The summed E-state index contributed by atoms with van der Waals surface area (Å²) in [5, 5.41) is 1.36. The van der Waals surface area contributed by atoms with Gasteiger partial charge in [0.05, 0.1) is 15.0 Å². The van der Waals surface area contributed by atoms with Crippen molar-refractivity contribution in [1.29, 1.82) is 0 Å². The second-order valence-corrected chi connectivity index (χ2v) is 7.05. The van der Waals surface area contributed by atoms with Crippen molar-refractivity contribution in [3.05, 3.63) is 52.9 Å². The first-order valence-corrected chi connectivity index (χ1v) is 7.74. The Bertz CT molecular complexity index is 556. The minimum atomic E-state index is -1.26. The summed E-state index contributed by atoms with van der Waals surface area (Å²) in [6.45, 7) is 3.69. The predicted octanol–water partition coefficient (Wildman–Crippen LogP) is 3.44. The van der Waals surface area contributed by atoms with E-state index in [1.165, 1.54) is 11.3 Å². The molecule has 0 aliphatic heterocycles. The molecule has 0 saturated heterocycles. The molecule has 1 heterocycles. The molecule has 2 nitrogen and oxygen atoms in total. The van der Waals surface area contributed by atoms with E-state index in [0.717, 1.165) is 9.77 Å². The maximum atomic E-state index is 12.2. The minimum Gasteiger partial charge on any atom is -0.293 e. The lowest BCUT2D eigenvalue weighted by Gasteiger charge is -2.09. The molecule has 0 spiro atoms. The number of hydrogen-bond acceptors (Lipinski definition) is 3. The molecule has 94 valence electrons. The average molecular weight is 278 g/mol. The second kappa shape index (κ2) is 5.59. The van der Waals surface area contributed by atoms with Crippen molar-refractivity contribution in [1.82, 2.24) is 0 Å². The molecule has 2 aromatic rings. The van der Waals surface area contributed by atoms with Crippen molar-refractivity contribution >= 4 is 27.9 Å². The van der Waals surface area contributed by atoms with Crippen LogP contribution in [0.4, 0.5) is 0 Å². The molecule has 0 fully saturated rings. The number of carbonyl (C=O) groups is 1. The molecular formula is C14H14O2S2. The van der Waals surface area contributed by atoms with E-state index in [4.69, 9.17) is 0 Å². The second-order valence-electron chi connectivity index (χ2n) is 4.10. The normalized spacial score (nSPS) is 14.1. The quantitative estimate of drug-likeness (QED) is 0.803. The maximum Gasteiger partial charge on any atom is 0.178 e. The third kappa shape index (κ3) is 2.76. The van der Waals surface area contributed by atoms with Crippen molar-refractivity contribution in [2.24, 2.45) is 0 Å². The van der Waals surface area contributed by atoms with Gasteiger partial charge in [0.1, 0.15) is 5.25 Å². The summed E-state index contributed by atoms with van der Waals surface area (Å²) in [5.74, 6) is -0.0678. The van der Waals surface area contributed by atoms with Gasteiger partial charge in [-0.25, -0.2) is 0 Å². The first-order valence-electron chi connectivity index (χ1n) is 5.64. The van der Waals surface area contributed by atoms with Crippen LogP contribution in [0.1, 0.15) is 22.8 Å². The van der Waals surface area contributed by atoms with Gasteiger partial charge in [-0.15, -0.1) is 11.3 Å². The number of ketones is 1. The Balaban J connectivity index is 2.19. The molecule has 18 heavy (non-hydrogen) atoms. The van der Waals surface area contributed by atoms with Crippen molar-refractivity contribution in [2.45, 2.75) is 23.3 Å². The van der Waals surface area contributed by atoms with Gasteiger partial charge in [0.15, 0.2) is 5.78 Å². The molecule has 0 amide bonds. The van der Waals surface area contributed by atoms with E-state index >= 15 is 0 Å². The Labute approximate surface area is 113 Å². The number of hydrogen-bond donors (Lipinski definition) is 0. The molecule has 0 N–H and O–H groups in total. The number of benzene rings is 1. The molecule has 1 aromatic heterocycles. The van der Waals surface area contributed by atoms with Gasteiger partial charge in [0.2, 0.25) is 0 Å². The molecule has 1 aromatic carbocycles. The number of thiophene rings is 1. The molecular weight excluding hydrogens is 264 g/mol. The van der Waals surface area contributed by atoms with Gasteiger partial charge in [-0.3, -0.25) is 9.00 Å². The molecule has 0 aliphatic rings. The van der Waals surface area contributed by atoms with Crippen molar-refractivity contribution < 1.29 is 9.00 Å². The van der Waals surface area contributed by atoms with Crippen LogP contribution in [0.25, 0.3) is 0 Å². The largest absolute Gasteiger partial charge is 0.293 e. The summed E-state index contributed by atoms with van der Waals surface area (Å²) >= 11 is 1.42. The van der Waals surface area contributed by atoms with Crippen LogP contribution >= 0.6 is 11.3 Å². The number of rotatable bonds is 4. The zero-order chi connectivity index (χ0) is 13.1. The van der Waals surface area contributed by atoms with Crippen LogP contribution in [-0.2, 0) is 10.8 Å². The number of carbonyl (C=O) groups excluding carboxylic acids is 1. The standard InChI is InChI=1S/C14H14O2S2/c1-10-5-7-12(8-6-10)14(15)11(2)18(16)13-4-3-9-17-13/h3-9,11H,1-2H3. The van der Waals surface area contributed by atoms with Gasteiger partial charge in [0.25, 0.3) is 0 Å². The lowest BCUT2D eigenvalue weighted by molar-refractivity contribution is 0.0992. The molecule has 4 heteroatoms. The Kier molecular flexibility index (Phi) is 4.09. The van der Waals surface area contributed by atoms with E-state index in [9.17, 15) is 9.00 Å². The highest BCUT2D eigenvalue weighted by atomic mass is 32.2. The smallest absolute Gasteiger partial charge is 0.178 e. The fraction of sp³-hybridized carbons (Fsp3) is 0.214. The zero-order valence-electron chi connectivity index (χ0n) is 10.3. The van der Waals surface area contributed by atoms with Crippen LogP contribution in [0.5, 0.6) is 0 Å². The lowest BCUT2D eigenvalue weighted by Crippen LogP contribution is -2.22. The lowest BCUT2D eigenvalue weighted by atomic mass is 10.1. The fourth-order valence-corrected chi connectivity index (χ4v) is 3.92.